The van der Waals surface area contributed by atoms with Gasteiger partial charge in [0.1, 0.15) is 0 Å². The molecule has 0 bridgehead atoms. The number of amides is 1. The van der Waals surface area contributed by atoms with Gasteiger partial charge in [0.2, 0.25) is 5.91 Å². The molecule has 2 heterocycles. The highest BCUT2D eigenvalue weighted by molar-refractivity contribution is 5.78. The van der Waals surface area contributed by atoms with E-state index in [0.717, 1.165) is 18.7 Å². The Balaban J connectivity index is 0.000000701. The molecule has 25 heavy (non-hydrogen) atoms. The molecular weight excluding hydrogens is 318 g/mol. The first-order valence-electron chi connectivity index (χ1n) is 8.03. The number of carbonyl (C=O) groups excluding carboxylic acids is 1. The number of aromatic nitrogens is 1. The molecule has 1 aromatic carbocycles. The van der Waals surface area contributed by atoms with E-state index < -0.39 is 0 Å². The van der Waals surface area contributed by atoms with Gasteiger partial charge in [-0.15, -0.1) is 0 Å². The van der Waals surface area contributed by atoms with Crippen molar-refractivity contribution in [1.82, 2.24) is 14.8 Å². The quantitative estimate of drug-likeness (QED) is 0.860. The van der Waals surface area contributed by atoms with Crippen molar-refractivity contribution in [2.45, 2.75) is 26.1 Å². The van der Waals surface area contributed by atoms with Crippen molar-refractivity contribution < 1.29 is 14.7 Å². The molecule has 0 aliphatic carbocycles. The minimum atomic E-state index is -0.250. The van der Waals surface area contributed by atoms with Gasteiger partial charge in [-0.1, -0.05) is 24.3 Å². The maximum atomic E-state index is 12.3. The summed E-state index contributed by atoms with van der Waals surface area (Å²) in [5.74, 6) is 0.116. The van der Waals surface area contributed by atoms with Gasteiger partial charge in [-0.3, -0.25) is 19.5 Å². The summed E-state index contributed by atoms with van der Waals surface area (Å²) < 4.78 is 0. The number of hydrogen-bond donors (Lipinski definition) is 1. The van der Waals surface area contributed by atoms with Crippen LogP contribution in [0.3, 0.4) is 0 Å². The molecular formula is C19H23N3O3. The van der Waals surface area contributed by atoms with E-state index in [-0.39, 0.29) is 12.4 Å². The molecule has 3 rings (SSSR count). The van der Waals surface area contributed by atoms with Crippen molar-refractivity contribution in [2.75, 3.05) is 14.1 Å². The first-order chi connectivity index (χ1) is 12.0. The van der Waals surface area contributed by atoms with Crippen LogP contribution >= 0.6 is 0 Å². The summed E-state index contributed by atoms with van der Waals surface area (Å²) in [6.07, 6.45) is 3.87. The van der Waals surface area contributed by atoms with Crippen molar-refractivity contribution in [3.8, 4) is 0 Å². The molecule has 1 aliphatic heterocycles. The maximum absolute atomic E-state index is 12.3. The van der Waals surface area contributed by atoms with Gasteiger partial charge in [-0.2, -0.15) is 0 Å². The number of pyridine rings is 1. The number of hydrogen-bond acceptors (Lipinski definition) is 4. The highest BCUT2D eigenvalue weighted by atomic mass is 16.3. The van der Waals surface area contributed by atoms with E-state index >= 15 is 0 Å². The smallest absolute Gasteiger partial charge is 0.290 e. The van der Waals surface area contributed by atoms with Crippen LogP contribution in [0.15, 0.2) is 42.7 Å². The predicted molar refractivity (Wildman–Crippen MR) is 94.7 cm³/mol. The number of fused-ring (bicyclic) bond motifs is 1. The maximum Gasteiger partial charge on any atom is 0.290 e. The second kappa shape index (κ2) is 8.94. The van der Waals surface area contributed by atoms with E-state index in [4.69, 9.17) is 9.90 Å². The summed E-state index contributed by atoms with van der Waals surface area (Å²) in [4.78, 5) is 28.8. The Kier molecular flexibility index (Phi) is 6.65. The molecule has 0 saturated heterocycles. The number of rotatable bonds is 4. The molecule has 1 aliphatic rings. The fourth-order valence-electron chi connectivity index (χ4n) is 2.89. The molecule has 0 unspecified atom stereocenters. The minimum absolute atomic E-state index is 0.116. The SMILES string of the molecule is CN1Cc2ccc(CN(C)C(=O)Cc3cccnc3)cc2C1.O=CO. The van der Waals surface area contributed by atoms with Gasteiger partial charge >= 0.3 is 0 Å². The predicted octanol–water partition coefficient (Wildman–Crippen LogP) is 1.93. The highest BCUT2D eigenvalue weighted by Crippen LogP contribution is 2.22. The van der Waals surface area contributed by atoms with Crippen molar-refractivity contribution in [3.63, 3.8) is 0 Å². The molecule has 6 nitrogen and oxygen atoms in total. The Morgan fingerprint density at radius 2 is 2.00 bits per heavy atom. The third-order valence-corrected chi connectivity index (χ3v) is 4.07. The molecule has 0 saturated carbocycles. The average molecular weight is 341 g/mol. The van der Waals surface area contributed by atoms with E-state index in [9.17, 15) is 4.79 Å². The number of likely N-dealkylation sites (N-methyl/N-ethyl adjacent to an activating group) is 1. The first kappa shape index (κ1) is 18.6. The second-order valence-electron chi connectivity index (χ2n) is 6.17. The van der Waals surface area contributed by atoms with Crippen LogP contribution in [0, 0.1) is 0 Å². The van der Waals surface area contributed by atoms with Crippen LogP contribution in [0.4, 0.5) is 0 Å². The number of nitrogens with zero attached hydrogens (tertiary/aromatic N) is 3. The summed E-state index contributed by atoms with van der Waals surface area (Å²) in [6.45, 7) is 2.41. The monoisotopic (exact) mass is 341 g/mol. The normalized spacial score (nSPS) is 12.7. The average Bonchev–Trinajstić information content (AvgIpc) is 2.95. The van der Waals surface area contributed by atoms with E-state index in [1.54, 1.807) is 17.3 Å². The molecule has 0 fully saturated rings. The highest BCUT2D eigenvalue weighted by Gasteiger charge is 2.16. The Morgan fingerprint density at radius 3 is 2.68 bits per heavy atom. The van der Waals surface area contributed by atoms with Gasteiger partial charge in [0, 0.05) is 39.1 Å². The molecule has 2 aromatic rings. The number of carboxylic acid groups (broad SMARTS) is 1. The van der Waals surface area contributed by atoms with Gasteiger partial charge in [-0.05, 0) is 35.4 Å². The van der Waals surface area contributed by atoms with Gasteiger partial charge in [0.25, 0.3) is 6.47 Å². The van der Waals surface area contributed by atoms with Crippen LogP contribution in [-0.4, -0.2) is 46.4 Å². The summed E-state index contributed by atoms with van der Waals surface area (Å²) in [5, 5.41) is 6.89. The van der Waals surface area contributed by atoms with Crippen molar-refractivity contribution in [2.24, 2.45) is 0 Å². The molecule has 0 atom stereocenters. The largest absolute Gasteiger partial charge is 0.483 e. The van der Waals surface area contributed by atoms with E-state index in [2.05, 4.69) is 35.1 Å². The van der Waals surface area contributed by atoms with Crippen molar-refractivity contribution >= 4 is 12.4 Å². The third-order valence-electron chi connectivity index (χ3n) is 4.07. The number of benzene rings is 1. The van der Waals surface area contributed by atoms with Gasteiger partial charge in [0.05, 0.1) is 6.42 Å². The molecule has 6 heteroatoms. The van der Waals surface area contributed by atoms with E-state index in [1.807, 2.05) is 19.2 Å². The summed E-state index contributed by atoms with van der Waals surface area (Å²) >= 11 is 0. The van der Waals surface area contributed by atoms with Crippen LogP contribution in [0.5, 0.6) is 0 Å². The van der Waals surface area contributed by atoms with Crippen LogP contribution < -0.4 is 0 Å². The standard InChI is InChI=1S/C18H21N3O.CH2O2/c1-20-12-16-6-5-15(8-17(16)13-20)11-21(2)18(22)9-14-4-3-7-19-10-14;2-1-3/h3-8,10H,9,11-13H2,1-2H3;1H,(H,2,3). The topological polar surface area (TPSA) is 73.7 Å². The van der Waals surface area contributed by atoms with Crippen LogP contribution in [0.1, 0.15) is 22.3 Å². The lowest BCUT2D eigenvalue weighted by Crippen LogP contribution is -2.27. The zero-order valence-corrected chi connectivity index (χ0v) is 14.6. The fourth-order valence-corrected chi connectivity index (χ4v) is 2.89. The molecule has 0 radical (unpaired) electrons. The lowest BCUT2D eigenvalue weighted by Gasteiger charge is -2.18. The molecule has 1 N–H and O–H groups in total. The van der Waals surface area contributed by atoms with E-state index in [1.165, 1.54) is 16.7 Å². The van der Waals surface area contributed by atoms with Crippen LogP contribution in [-0.2, 0) is 35.6 Å². The third kappa shape index (κ3) is 5.39. The molecule has 0 spiro atoms. The van der Waals surface area contributed by atoms with Gasteiger partial charge in [-0.25, -0.2) is 0 Å². The van der Waals surface area contributed by atoms with Gasteiger partial charge < -0.3 is 10.0 Å². The molecule has 132 valence electrons. The van der Waals surface area contributed by atoms with Gasteiger partial charge in [0.15, 0.2) is 0 Å². The second-order valence-corrected chi connectivity index (χ2v) is 6.17. The Morgan fingerprint density at radius 1 is 1.28 bits per heavy atom. The van der Waals surface area contributed by atoms with Crippen LogP contribution in [0.25, 0.3) is 0 Å². The first-order valence-corrected chi connectivity index (χ1v) is 8.03. The Hall–Kier alpha value is -2.73. The summed E-state index contributed by atoms with van der Waals surface area (Å²) in [6, 6.07) is 10.3. The Bertz CT molecular complexity index is 719. The van der Waals surface area contributed by atoms with Crippen molar-refractivity contribution in [1.29, 1.82) is 0 Å². The zero-order valence-electron chi connectivity index (χ0n) is 14.6. The van der Waals surface area contributed by atoms with E-state index in [0.29, 0.717) is 13.0 Å². The molecule has 1 aromatic heterocycles. The zero-order chi connectivity index (χ0) is 18.2. The van der Waals surface area contributed by atoms with Crippen molar-refractivity contribution in [3.05, 3.63) is 65.0 Å². The summed E-state index contributed by atoms with van der Waals surface area (Å²) in [5.41, 5.74) is 4.93. The lowest BCUT2D eigenvalue weighted by atomic mass is 10.1. The lowest BCUT2D eigenvalue weighted by molar-refractivity contribution is -0.129. The minimum Gasteiger partial charge on any atom is -0.483 e. The van der Waals surface area contributed by atoms with Crippen LogP contribution in [0.2, 0.25) is 0 Å². The summed E-state index contributed by atoms with van der Waals surface area (Å²) in [7, 11) is 3.99. The Labute approximate surface area is 147 Å². The molecule has 1 amide bonds. The number of carbonyl (C=O) groups is 2. The fraction of sp³-hybridized carbons (Fsp3) is 0.316.